The van der Waals surface area contributed by atoms with E-state index in [1.807, 2.05) is 0 Å². The van der Waals surface area contributed by atoms with E-state index < -0.39 is 12.0 Å². The maximum absolute atomic E-state index is 13.4. The zero-order valence-electron chi connectivity index (χ0n) is 15.1. The number of nitrogens with zero attached hydrogens (tertiary/aromatic N) is 4. The Balaban J connectivity index is 1.56. The summed E-state index contributed by atoms with van der Waals surface area (Å²) in [5.41, 5.74) is 1.01. The topological polar surface area (TPSA) is 78.7 Å². The normalized spacial score (nSPS) is 21.3. The molecule has 9 heteroatoms. The zero-order chi connectivity index (χ0) is 19.9. The van der Waals surface area contributed by atoms with Crippen LogP contribution in [0.3, 0.4) is 0 Å². The van der Waals surface area contributed by atoms with E-state index in [9.17, 15) is 23.5 Å². The van der Waals surface area contributed by atoms with Crippen molar-refractivity contribution in [3.05, 3.63) is 47.8 Å². The van der Waals surface area contributed by atoms with Gasteiger partial charge in [0.25, 0.3) is 11.8 Å². The first-order valence-corrected chi connectivity index (χ1v) is 9.11. The summed E-state index contributed by atoms with van der Waals surface area (Å²) in [6, 6.07) is 6.99. The second-order valence-electron chi connectivity index (χ2n) is 7.20. The molecule has 148 valence electrons. The molecule has 2 amide bonds. The summed E-state index contributed by atoms with van der Waals surface area (Å²) in [5.74, 6) is -3.38. The lowest BCUT2D eigenvalue weighted by Crippen LogP contribution is -2.51. The number of phenols is 1. The Morgan fingerprint density at radius 3 is 2.61 bits per heavy atom. The van der Waals surface area contributed by atoms with E-state index >= 15 is 0 Å². The van der Waals surface area contributed by atoms with Gasteiger partial charge in [-0.25, -0.2) is 8.78 Å². The number of amides is 2. The molecule has 1 atom stereocenters. The van der Waals surface area contributed by atoms with Crippen LogP contribution in [-0.4, -0.2) is 62.1 Å². The van der Waals surface area contributed by atoms with Crippen LogP contribution < -0.4 is 0 Å². The fourth-order valence-corrected chi connectivity index (χ4v) is 3.72. The highest BCUT2D eigenvalue weighted by Gasteiger charge is 2.40. The van der Waals surface area contributed by atoms with Crippen LogP contribution in [0, 0.1) is 0 Å². The van der Waals surface area contributed by atoms with Gasteiger partial charge in [-0.1, -0.05) is 6.07 Å². The summed E-state index contributed by atoms with van der Waals surface area (Å²) in [6.07, 6.45) is 0.842. The van der Waals surface area contributed by atoms with Crippen molar-refractivity contribution in [2.24, 2.45) is 0 Å². The van der Waals surface area contributed by atoms with E-state index in [-0.39, 0.29) is 56.6 Å². The van der Waals surface area contributed by atoms with E-state index in [4.69, 9.17) is 0 Å². The van der Waals surface area contributed by atoms with Crippen molar-refractivity contribution in [2.75, 3.05) is 19.6 Å². The molecule has 0 unspecified atom stereocenters. The third-order valence-electron chi connectivity index (χ3n) is 5.27. The first-order valence-electron chi connectivity index (χ1n) is 9.11. The maximum Gasteiger partial charge on any atom is 0.254 e. The number of carbonyl (C=O) groups is 2. The Labute approximate surface area is 160 Å². The largest absolute Gasteiger partial charge is 0.508 e. The van der Waals surface area contributed by atoms with E-state index in [0.717, 1.165) is 0 Å². The molecule has 1 saturated heterocycles. The molecule has 28 heavy (non-hydrogen) atoms. The first-order chi connectivity index (χ1) is 13.3. The summed E-state index contributed by atoms with van der Waals surface area (Å²) in [7, 11) is 0. The quantitative estimate of drug-likeness (QED) is 0.851. The van der Waals surface area contributed by atoms with Crippen molar-refractivity contribution < 1.29 is 23.5 Å². The number of halogens is 2. The Bertz CT molecular complexity index is 904. The van der Waals surface area contributed by atoms with Crippen molar-refractivity contribution >= 4 is 11.8 Å². The molecule has 2 aliphatic rings. The first kappa shape index (κ1) is 18.4. The highest BCUT2D eigenvalue weighted by molar-refractivity contribution is 5.95. The second-order valence-corrected chi connectivity index (χ2v) is 7.20. The lowest BCUT2D eigenvalue weighted by Gasteiger charge is -2.38. The predicted molar refractivity (Wildman–Crippen MR) is 94.9 cm³/mol. The second kappa shape index (κ2) is 6.88. The van der Waals surface area contributed by atoms with Crippen molar-refractivity contribution in [1.82, 2.24) is 19.6 Å². The molecule has 4 rings (SSSR count). The molecule has 0 radical (unpaired) electrons. The van der Waals surface area contributed by atoms with Gasteiger partial charge >= 0.3 is 0 Å². The molecule has 1 N–H and O–H groups in total. The average molecular weight is 390 g/mol. The predicted octanol–water partition coefficient (Wildman–Crippen LogP) is 2.04. The van der Waals surface area contributed by atoms with Gasteiger partial charge < -0.3 is 14.9 Å². The van der Waals surface area contributed by atoms with Crippen molar-refractivity contribution in [3.63, 3.8) is 0 Å². The van der Waals surface area contributed by atoms with Crippen LogP contribution in [0.15, 0.2) is 36.5 Å². The fourth-order valence-electron chi connectivity index (χ4n) is 3.72. The van der Waals surface area contributed by atoms with Gasteiger partial charge in [0.05, 0.1) is 18.8 Å². The number of benzene rings is 1. The molecule has 0 bridgehead atoms. The lowest BCUT2D eigenvalue weighted by atomic mass is 10.0. The summed E-state index contributed by atoms with van der Waals surface area (Å²) < 4.78 is 28.4. The highest BCUT2D eigenvalue weighted by Crippen LogP contribution is 2.30. The number of alkyl halides is 2. The number of aromatic nitrogens is 2. The molecular formula is C19H20F2N4O3. The van der Waals surface area contributed by atoms with Gasteiger partial charge in [-0.2, -0.15) is 5.10 Å². The van der Waals surface area contributed by atoms with Crippen LogP contribution in [0.2, 0.25) is 0 Å². The average Bonchev–Trinajstić information content (AvgIpc) is 3.15. The smallest absolute Gasteiger partial charge is 0.254 e. The van der Waals surface area contributed by atoms with Crippen LogP contribution in [0.4, 0.5) is 8.78 Å². The number of piperidine rings is 1. The summed E-state index contributed by atoms with van der Waals surface area (Å²) in [6.45, 7) is 0.337. The number of fused-ring (bicyclic) bond motifs is 1. The van der Waals surface area contributed by atoms with Crippen LogP contribution >= 0.6 is 0 Å². The number of carbonyl (C=O) groups excluding carboxylic acids is 2. The third-order valence-corrected chi connectivity index (χ3v) is 5.27. The number of aromatic hydroxyl groups is 1. The molecule has 7 nitrogen and oxygen atoms in total. The molecule has 1 aromatic heterocycles. The van der Waals surface area contributed by atoms with Crippen LogP contribution in [0.25, 0.3) is 0 Å². The van der Waals surface area contributed by atoms with Gasteiger partial charge in [0, 0.05) is 37.7 Å². The van der Waals surface area contributed by atoms with Gasteiger partial charge in [0.1, 0.15) is 11.8 Å². The third kappa shape index (κ3) is 3.44. The number of likely N-dealkylation sites (tertiary alicyclic amines) is 1. The van der Waals surface area contributed by atoms with Gasteiger partial charge in [-0.3, -0.25) is 14.3 Å². The van der Waals surface area contributed by atoms with Gasteiger partial charge in [0.2, 0.25) is 5.91 Å². The summed E-state index contributed by atoms with van der Waals surface area (Å²) in [5, 5.41) is 13.8. The molecule has 0 aliphatic carbocycles. The standard InChI is InChI=1S/C19H20F2N4O3/c20-19(21)5-8-23(9-6-19)18(28)16-12-24(11-14-4-7-22-25(14)16)17(27)13-2-1-3-15(26)10-13/h1-4,7,10,16,26H,5-6,8-9,11-12H2/t16-/m1/s1. The van der Waals surface area contributed by atoms with E-state index in [2.05, 4.69) is 5.10 Å². The molecule has 3 heterocycles. The van der Waals surface area contributed by atoms with Crippen LogP contribution in [0.1, 0.15) is 34.9 Å². The minimum absolute atomic E-state index is 0.0144. The number of hydrogen-bond acceptors (Lipinski definition) is 4. The van der Waals surface area contributed by atoms with Crippen molar-refractivity contribution in [2.45, 2.75) is 31.4 Å². The zero-order valence-corrected chi connectivity index (χ0v) is 15.1. The van der Waals surface area contributed by atoms with E-state index in [0.29, 0.717) is 11.3 Å². The Hall–Kier alpha value is -2.97. The SMILES string of the molecule is O=C(c1cccc(O)c1)N1Cc2ccnn2[C@@H](C(=O)N2CCC(F)(F)CC2)C1. The lowest BCUT2D eigenvalue weighted by molar-refractivity contribution is -0.142. The van der Waals surface area contributed by atoms with Gasteiger partial charge in [0.15, 0.2) is 0 Å². The molecular weight excluding hydrogens is 370 g/mol. The van der Waals surface area contributed by atoms with Crippen molar-refractivity contribution in [3.8, 4) is 5.75 Å². The molecule has 1 aromatic carbocycles. The Morgan fingerprint density at radius 2 is 1.89 bits per heavy atom. The monoisotopic (exact) mass is 390 g/mol. The molecule has 1 fully saturated rings. The Morgan fingerprint density at radius 1 is 1.14 bits per heavy atom. The van der Waals surface area contributed by atoms with E-state index in [1.165, 1.54) is 21.9 Å². The van der Waals surface area contributed by atoms with Crippen LogP contribution in [0.5, 0.6) is 5.75 Å². The van der Waals surface area contributed by atoms with Gasteiger partial charge in [-0.05, 0) is 24.3 Å². The highest BCUT2D eigenvalue weighted by atomic mass is 19.3. The van der Waals surface area contributed by atoms with Crippen molar-refractivity contribution in [1.29, 1.82) is 0 Å². The molecule has 0 saturated carbocycles. The number of rotatable bonds is 2. The molecule has 2 aromatic rings. The number of phenolic OH excluding ortho intramolecular Hbond substituents is 1. The van der Waals surface area contributed by atoms with Gasteiger partial charge in [-0.15, -0.1) is 0 Å². The summed E-state index contributed by atoms with van der Waals surface area (Å²) in [4.78, 5) is 28.8. The summed E-state index contributed by atoms with van der Waals surface area (Å²) >= 11 is 0. The Kier molecular flexibility index (Phi) is 4.52. The number of hydrogen-bond donors (Lipinski definition) is 1. The maximum atomic E-state index is 13.4. The minimum Gasteiger partial charge on any atom is -0.508 e. The molecule has 2 aliphatic heterocycles. The molecule has 0 spiro atoms. The minimum atomic E-state index is -2.74. The van der Waals surface area contributed by atoms with E-state index in [1.54, 1.807) is 29.1 Å². The fraction of sp³-hybridized carbons (Fsp3) is 0.421. The van der Waals surface area contributed by atoms with Crippen LogP contribution in [-0.2, 0) is 11.3 Å².